The number of aromatic nitrogens is 1. The molecule has 2 fully saturated rings. The first-order chi connectivity index (χ1) is 8.17. The molecular weight excluding hydrogens is 236 g/mol. The van der Waals surface area contributed by atoms with Gasteiger partial charge in [0.05, 0.1) is 32.0 Å². The van der Waals surface area contributed by atoms with E-state index in [1.807, 2.05) is 0 Å². The maximum absolute atomic E-state index is 5.72. The van der Waals surface area contributed by atoms with Crippen molar-refractivity contribution in [1.29, 1.82) is 0 Å². The fourth-order valence-corrected chi connectivity index (χ4v) is 3.47. The van der Waals surface area contributed by atoms with Gasteiger partial charge in [-0.2, -0.15) is 0 Å². The summed E-state index contributed by atoms with van der Waals surface area (Å²) >= 11 is 1.80. The highest BCUT2D eigenvalue weighted by atomic mass is 32.1. The van der Waals surface area contributed by atoms with E-state index in [-0.39, 0.29) is 5.79 Å². The van der Waals surface area contributed by atoms with E-state index in [9.17, 15) is 0 Å². The third kappa shape index (κ3) is 2.25. The van der Waals surface area contributed by atoms with Gasteiger partial charge in [-0.25, -0.2) is 4.98 Å². The molecule has 17 heavy (non-hydrogen) atoms. The zero-order valence-corrected chi connectivity index (χ0v) is 11.2. The minimum Gasteiger partial charge on any atom is -0.346 e. The van der Waals surface area contributed by atoms with Crippen LogP contribution in [-0.2, 0) is 16.0 Å². The molecule has 2 aliphatic heterocycles. The molecule has 0 radical (unpaired) electrons. The Balaban J connectivity index is 1.63. The molecule has 94 valence electrons. The van der Waals surface area contributed by atoms with E-state index in [1.54, 1.807) is 11.3 Å². The van der Waals surface area contributed by atoms with E-state index >= 15 is 0 Å². The van der Waals surface area contributed by atoms with Crippen LogP contribution in [0, 0.1) is 13.8 Å². The van der Waals surface area contributed by atoms with Gasteiger partial charge in [-0.15, -0.1) is 11.3 Å². The lowest BCUT2D eigenvalue weighted by molar-refractivity contribution is -0.145. The minimum atomic E-state index is -0.304. The molecule has 0 saturated carbocycles. The average Bonchev–Trinajstić information content (AvgIpc) is 2.96. The highest BCUT2D eigenvalue weighted by Gasteiger charge is 2.43. The van der Waals surface area contributed by atoms with Gasteiger partial charge in [-0.05, 0) is 13.8 Å². The van der Waals surface area contributed by atoms with Crippen molar-refractivity contribution in [3.05, 3.63) is 15.6 Å². The highest BCUT2D eigenvalue weighted by Crippen LogP contribution is 2.31. The SMILES string of the molecule is Cc1nc(CN2CCC3(C2)OCCO3)sc1C. The monoisotopic (exact) mass is 254 g/mol. The third-order valence-electron chi connectivity index (χ3n) is 3.52. The molecule has 0 atom stereocenters. The molecular formula is C12H18N2O2S. The Morgan fingerprint density at radius 2 is 2.12 bits per heavy atom. The van der Waals surface area contributed by atoms with Crippen LogP contribution in [0.15, 0.2) is 0 Å². The van der Waals surface area contributed by atoms with Crippen LogP contribution >= 0.6 is 11.3 Å². The molecule has 0 aliphatic carbocycles. The molecule has 2 aliphatic rings. The number of aryl methyl sites for hydroxylation is 2. The van der Waals surface area contributed by atoms with E-state index in [4.69, 9.17) is 9.47 Å². The Labute approximate surface area is 106 Å². The Bertz CT molecular complexity index is 393. The van der Waals surface area contributed by atoms with Gasteiger partial charge in [-0.3, -0.25) is 4.90 Å². The number of hydrogen-bond donors (Lipinski definition) is 0. The Kier molecular flexibility index (Phi) is 2.94. The predicted octanol–water partition coefficient (Wildman–Crippen LogP) is 1.71. The first-order valence-electron chi connectivity index (χ1n) is 6.10. The molecule has 0 unspecified atom stereocenters. The number of likely N-dealkylation sites (tertiary alicyclic amines) is 1. The lowest BCUT2D eigenvalue weighted by Gasteiger charge is -2.21. The van der Waals surface area contributed by atoms with Gasteiger partial charge in [0.15, 0.2) is 5.79 Å². The first kappa shape index (κ1) is 11.6. The number of hydrogen-bond acceptors (Lipinski definition) is 5. The van der Waals surface area contributed by atoms with Crippen LogP contribution in [0.4, 0.5) is 0 Å². The van der Waals surface area contributed by atoms with E-state index < -0.39 is 0 Å². The summed E-state index contributed by atoms with van der Waals surface area (Å²) in [5.74, 6) is -0.304. The topological polar surface area (TPSA) is 34.6 Å². The van der Waals surface area contributed by atoms with Gasteiger partial charge in [0, 0.05) is 17.8 Å². The molecule has 0 bridgehead atoms. The molecule has 5 heteroatoms. The molecule has 4 nitrogen and oxygen atoms in total. The summed E-state index contributed by atoms with van der Waals surface area (Å²) in [6.45, 7) is 8.53. The molecule has 1 aromatic rings. The van der Waals surface area contributed by atoms with Crippen molar-refractivity contribution in [2.45, 2.75) is 32.6 Å². The van der Waals surface area contributed by atoms with Crippen LogP contribution in [0.5, 0.6) is 0 Å². The summed E-state index contributed by atoms with van der Waals surface area (Å²) in [6, 6.07) is 0. The Morgan fingerprint density at radius 3 is 2.76 bits per heavy atom. The van der Waals surface area contributed by atoms with Crippen molar-refractivity contribution in [3.8, 4) is 0 Å². The van der Waals surface area contributed by atoms with Crippen molar-refractivity contribution >= 4 is 11.3 Å². The number of ether oxygens (including phenoxy) is 2. The largest absolute Gasteiger partial charge is 0.346 e. The van der Waals surface area contributed by atoms with Gasteiger partial charge >= 0.3 is 0 Å². The van der Waals surface area contributed by atoms with Crippen molar-refractivity contribution < 1.29 is 9.47 Å². The van der Waals surface area contributed by atoms with Gasteiger partial charge in [0.1, 0.15) is 5.01 Å². The highest BCUT2D eigenvalue weighted by molar-refractivity contribution is 7.11. The standard InChI is InChI=1S/C12H18N2O2S/c1-9-10(2)17-11(13-9)7-14-4-3-12(8-14)15-5-6-16-12/h3-8H2,1-2H3. The fourth-order valence-electron chi connectivity index (χ4n) is 2.49. The zero-order valence-electron chi connectivity index (χ0n) is 10.4. The van der Waals surface area contributed by atoms with Crippen molar-refractivity contribution in [2.24, 2.45) is 0 Å². The summed E-state index contributed by atoms with van der Waals surface area (Å²) in [5, 5.41) is 1.20. The van der Waals surface area contributed by atoms with Crippen LogP contribution in [0.1, 0.15) is 22.0 Å². The lowest BCUT2D eigenvalue weighted by Crippen LogP contribution is -2.34. The van der Waals surface area contributed by atoms with Gasteiger partial charge in [0.25, 0.3) is 0 Å². The molecule has 3 rings (SSSR count). The second kappa shape index (κ2) is 4.31. The average molecular weight is 254 g/mol. The Morgan fingerprint density at radius 1 is 1.35 bits per heavy atom. The normalized spacial score (nSPS) is 23.9. The first-order valence-corrected chi connectivity index (χ1v) is 6.92. The minimum absolute atomic E-state index is 0.304. The van der Waals surface area contributed by atoms with E-state index in [2.05, 4.69) is 23.7 Å². The van der Waals surface area contributed by atoms with Crippen molar-refractivity contribution in [1.82, 2.24) is 9.88 Å². The molecule has 1 aromatic heterocycles. The third-order valence-corrected chi connectivity index (χ3v) is 4.58. The van der Waals surface area contributed by atoms with E-state index in [0.717, 1.165) is 45.0 Å². The molecule has 0 amide bonds. The van der Waals surface area contributed by atoms with Crippen LogP contribution in [0.3, 0.4) is 0 Å². The van der Waals surface area contributed by atoms with Gasteiger partial charge in [-0.1, -0.05) is 0 Å². The molecule has 3 heterocycles. The van der Waals surface area contributed by atoms with Gasteiger partial charge in [0.2, 0.25) is 0 Å². The van der Waals surface area contributed by atoms with Crippen LogP contribution < -0.4 is 0 Å². The summed E-state index contributed by atoms with van der Waals surface area (Å²) in [5.41, 5.74) is 1.16. The summed E-state index contributed by atoms with van der Waals surface area (Å²) in [4.78, 5) is 8.28. The number of rotatable bonds is 2. The maximum atomic E-state index is 5.72. The fraction of sp³-hybridized carbons (Fsp3) is 0.750. The maximum Gasteiger partial charge on any atom is 0.182 e. The molecule has 0 aromatic carbocycles. The van der Waals surface area contributed by atoms with Gasteiger partial charge < -0.3 is 9.47 Å². The van der Waals surface area contributed by atoms with E-state index in [1.165, 1.54) is 9.88 Å². The van der Waals surface area contributed by atoms with Crippen molar-refractivity contribution in [2.75, 3.05) is 26.3 Å². The quantitative estimate of drug-likeness (QED) is 0.804. The summed E-state index contributed by atoms with van der Waals surface area (Å²) < 4.78 is 11.4. The number of nitrogens with zero attached hydrogens (tertiary/aromatic N) is 2. The second-order valence-electron chi connectivity index (χ2n) is 4.82. The summed E-state index contributed by atoms with van der Waals surface area (Å²) in [7, 11) is 0. The predicted molar refractivity (Wildman–Crippen MR) is 66.1 cm³/mol. The van der Waals surface area contributed by atoms with Crippen LogP contribution in [0.25, 0.3) is 0 Å². The lowest BCUT2D eigenvalue weighted by atomic mass is 10.2. The summed E-state index contributed by atoms with van der Waals surface area (Å²) in [6.07, 6.45) is 0.982. The zero-order chi connectivity index (χ0) is 11.9. The molecule has 0 N–H and O–H groups in total. The smallest absolute Gasteiger partial charge is 0.182 e. The molecule has 1 spiro atoms. The molecule has 2 saturated heterocycles. The Hall–Kier alpha value is -0.490. The van der Waals surface area contributed by atoms with Crippen LogP contribution in [0.2, 0.25) is 0 Å². The van der Waals surface area contributed by atoms with Crippen LogP contribution in [-0.4, -0.2) is 42.0 Å². The van der Waals surface area contributed by atoms with E-state index in [0.29, 0.717) is 0 Å². The number of thiazole rings is 1. The van der Waals surface area contributed by atoms with Crippen molar-refractivity contribution in [3.63, 3.8) is 0 Å². The second-order valence-corrected chi connectivity index (χ2v) is 6.11.